The van der Waals surface area contributed by atoms with Crippen molar-refractivity contribution in [2.45, 2.75) is 19.8 Å². The summed E-state index contributed by atoms with van der Waals surface area (Å²) >= 11 is 1.57. The highest BCUT2D eigenvalue weighted by molar-refractivity contribution is 7.12. The fraction of sp³-hybridized carbons (Fsp3) is 0.615. The van der Waals surface area contributed by atoms with Gasteiger partial charge in [0.25, 0.3) is 0 Å². The molecule has 0 amide bonds. The van der Waals surface area contributed by atoms with Crippen LogP contribution < -0.4 is 5.32 Å². The lowest BCUT2D eigenvalue weighted by Crippen LogP contribution is -2.43. The molecular formula is C13H20N2OS. The molecule has 0 aliphatic carbocycles. The normalized spacial score (nSPS) is 17.2. The molecule has 2 heterocycles. The molecule has 1 aliphatic heterocycles. The number of thiophene rings is 1. The second-order valence-corrected chi connectivity index (χ2v) is 5.47. The number of nitrogens with zero attached hydrogens (tertiary/aromatic N) is 1. The lowest BCUT2D eigenvalue weighted by molar-refractivity contribution is 0.0977. The predicted octanol–water partition coefficient (Wildman–Crippen LogP) is 1.92. The number of ketones is 1. The van der Waals surface area contributed by atoms with Gasteiger partial charge in [0, 0.05) is 32.6 Å². The van der Waals surface area contributed by atoms with Gasteiger partial charge in [0.2, 0.25) is 0 Å². The van der Waals surface area contributed by atoms with E-state index in [1.54, 1.807) is 11.3 Å². The summed E-state index contributed by atoms with van der Waals surface area (Å²) in [6.07, 6.45) is 1.67. The fourth-order valence-corrected chi connectivity index (χ4v) is 3.07. The summed E-state index contributed by atoms with van der Waals surface area (Å²) in [6, 6.07) is 2.02. The topological polar surface area (TPSA) is 32.3 Å². The molecule has 1 N–H and O–H groups in total. The zero-order valence-corrected chi connectivity index (χ0v) is 11.2. The molecule has 0 aromatic carbocycles. The second kappa shape index (κ2) is 6.28. The summed E-state index contributed by atoms with van der Waals surface area (Å²) in [5.41, 5.74) is 1.13. The van der Waals surface area contributed by atoms with E-state index < -0.39 is 0 Å². The Morgan fingerprint density at radius 2 is 2.24 bits per heavy atom. The number of hydrogen-bond acceptors (Lipinski definition) is 4. The van der Waals surface area contributed by atoms with Gasteiger partial charge >= 0.3 is 0 Å². The van der Waals surface area contributed by atoms with Crippen molar-refractivity contribution in [2.75, 3.05) is 32.7 Å². The molecule has 0 spiro atoms. The molecule has 2 rings (SSSR count). The second-order valence-electron chi connectivity index (χ2n) is 4.55. The maximum atomic E-state index is 11.9. The van der Waals surface area contributed by atoms with Gasteiger partial charge < -0.3 is 10.2 Å². The van der Waals surface area contributed by atoms with Gasteiger partial charge in [0.15, 0.2) is 5.78 Å². The average Bonchev–Trinajstić information content (AvgIpc) is 2.77. The van der Waals surface area contributed by atoms with Gasteiger partial charge in [-0.2, -0.15) is 0 Å². The number of carbonyl (C=O) groups is 1. The van der Waals surface area contributed by atoms with Gasteiger partial charge in [0.1, 0.15) is 0 Å². The molecule has 1 aliphatic rings. The standard InChI is InChI=1S/C13H20N2OS/c1-11-4-10-17-13(11)12(16)3-2-7-15-8-5-14-6-9-15/h4,10,14H,2-3,5-9H2,1H3. The number of carbonyl (C=O) groups excluding carboxylic acids is 1. The Bertz CT molecular complexity index is 369. The molecular weight excluding hydrogens is 232 g/mol. The summed E-state index contributed by atoms with van der Waals surface area (Å²) in [7, 11) is 0. The minimum absolute atomic E-state index is 0.313. The largest absolute Gasteiger partial charge is 0.314 e. The van der Waals surface area contributed by atoms with Crippen LogP contribution in [0.25, 0.3) is 0 Å². The van der Waals surface area contributed by atoms with Crippen LogP contribution in [-0.2, 0) is 0 Å². The van der Waals surface area contributed by atoms with Crippen molar-refractivity contribution in [3.05, 3.63) is 21.9 Å². The van der Waals surface area contributed by atoms with E-state index in [2.05, 4.69) is 10.2 Å². The third-order valence-corrected chi connectivity index (χ3v) is 4.26. The number of rotatable bonds is 5. The molecule has 1 aromatic rings. The minimum Gasteiger partial charge on any atom is -0.314 e. The summed E-state index contributed by atoms with van der Waals surface area (Å²) in [4.78, 5) is 15.3. The maximum absolute atomic E-state index is 11.9. The zero-order valence-electron chi connectivity index (χ0n) is 10.4. The van der Waals surface area contributed by atoms with Gasteiger partial charge in [-0.3, -0.25) is 4.79 Å². The van der Waals surface area contributed by atoms with Gasteiger partial charge in [-0.1, -0.05) is 0 Å². The SMILES string of the molecule is Cc1ccsc1C(=O)CCCN1CCNCC1. The van der Waals surface area contributed by atoms with Gasteiger partial charge in [-0.05, 0) is 36.9 Å². The quantitative estimate of drug-likeness (QED) is 0.813. The van der Waals surface area contributed by atoms with Crippen LogP contribution in [0.5, 0.6) is 0 Å². The minimum atomic E-state index is 0.313. The Morgan fingerprint density at radius 1 is 1.47 bits per heavy atom. The van der Waals surface area contributed by atoms with E-state index in [9.17, 15) is 4.79 Å². The zero-order chi connectivity index (χ0) is 12.1. The van der Waals surface area contributed by atoms with E-state index >= 15 is 0 Å². The average molecular weight is 252 g/mol. The van der Waals surface area contributed by atoms with Crippen LogP contribution in [0.3, 0.4) is 0 Å². The van der Waals surface area contributed by atoms with E-state index in [0.717, 1.165) is 49.6 Å². The van der Waals surface area contributed by atoms with Crippen molar-refractivity contribution in [1.29, 1.82) is 0 Å². The van der Waals surface area contributed by atoms with Crippen molar-refractivity contribution in [3.8, 4) is 0 Å². The summed E-state index contributed by atoms with van der Waals surface area (Å²) < 4.78 is 0. The molecule has 0 unspecified atom stereocenters. The molecule has 1 fully saturated rings. The summed E-state index contributed by atoms with van der Waals surface area (Å²) in [6.45, 7) is 7.46. The number of piperazine rings is 1. The Labute approximate surface area is 107 Å². The molecule has 0 bridgehead atoms. The van der Waals surface area contributed by atoms with Crippen LogP contribution in [0.2, 0.25) is 0 Å². The van der Waals surface area contributed by atoms with Crippen molar-refractivity contribution in [3.63, 3.8) is 0 Å². The van der Waals surface area contributed by atoms with E-state index in [1.807, 2.05) is 18.4 Å². The van der Waals surface area contributed by atoms with Crippen LogP contribution in [0.1, 0.15) is 28.1 Å². The van der Waals surface area contributed by atoms with Crippen LogP contribution in [-0.4, -0.2) is 43.4 Å². The number of nitrogens with one attached hydrogen (secondary N) is 1. The monoisotopic (exact) mass is 252 g/mol. The van der Waals surface area contributed by atoms with Crippen LogP contribution in [0, 0.1) is 6.92 Å². The third kappa shape index (κ3) is 3.63. The van der Waals surface area contributed by atoms with Crippen LogP contribution in [0.4, 0.5) is 0 Å². The smallest absolute Gasteiger partial charge is 0.173 e. The molecule has 0 saturated carbocycles. The predicted molar refractivity (Wildman–Crippen MR) is 71.9 cm³/mol. The highest BCUT2D eigenvalue weighted by atomic mass is 32.1. The van der Waals surface area contributed by atoms with Crippen molar-refractivity contribution in [2.24, 2.45) is 0 Å². The van der Waals surface area contributed by atoms with E-state index in [4.69, 9.17) is 0 Å². The number of hydrogen-bond donors (Lipinski definition) is 1. The van der Waals surface area contributed by atoms with Crippen molar-refractivity contribution < 1.29 is 4.79 Å². The van der Waals surface area contributed by atoms with Gasteiger partial charge in [-0.25, -0.2) is 0 Å². The van der Waals surface area contributed by atoms with Crippen LogP contribution in [0.15, 0.2) is 11.4 Å². The first-order chi connectivity index (χ1) is 8.27. The van der Waals surface area contributed by atoms with E-state index in [1.165, 1.54) is 0 Å². The fourth-order valence-electron chi connectivity index (χ4n) is 2.17. The molecule has 3 nitrogen and oxygen atoms in total. The summed E-state index contributed by atoms with van der Waals surface area (Å²) in [5, 5.41) is 5.34. The molecule has 17 heavy (non-hydrogen) atoms. The summed E-state index contributed by atoms with van der Waals surface area (Å²) in [5.74, 6) is 0.313. The molecule has 0 atom stereocenters. The molecule has 94 valence electrons. The number of Topliss-reactive ketones (excluding diaryl/α,β-unsaturated/α-hetero) is 1. The third-order valence-electron chi connectivity index (χ3n) is 3.20. The molecule has 0 radical (unpaired) electrons. The number of aryl methyl sites for hydroxylation is 1. The van der Waals surface area contributed by atoms with Crippen LogP contribution >= 0.6 is 11.3 Å². The Kier molecular flexibility index (Phi) is 4.71. The molecule has 4 heteroatoms. The maximum Gasteiger partial charge on any atom is 0.173 e. The Balaban J connectivity index is 1.71. The molecule has 1 saturated heterocycles. The first-order valence-electron chi connectivity index (χ1n) is 6.28. The highest BCUT2D eigenvalue weighted by Crippen LogP contribution is 2.18. The van der Waals surface area contributed by atoms with Crippen molar-refractivity contribution >= 4 is 17.1 Å². The first-order valence-corrected chi connectivity index (χ1v) is 7.15. The molecule has 1 aromatic heterocycles. The van der Waals surface area contributed by atoms with E-state index in [-0.39, 0.29) is 0 Å². The van der Waals surface area contributed by atoms with Gasteiger partial charge in [-0.15, -0.1) is 11.3 Å². The first kappa shape index (κ1) is 12.7. The van der Waals surface area contributed by atoms with Crippen molar-refractivity contribution in [1.82, 2.24) is 10.2 Å². The lowest BCUT2D eigenvalue weighted by Gasteiger charge is -2.26. The van der Waals surface area contributed by atoms with Gasteiger partial charge in [0.05, 0.1) is 4.88 Å². The highest BCUT2D eigenvalue weighted by Gasteiger charge is 2.12. The Morgan fingerprint density at radius 3 is 2.88 bits per heavy atom. The van der Waals surface area contributed by atoms with E-state index in [0.29, 0.717) is 12.2 Å². The lowest BCUT2D eigenvalue weighted by atomic mass is 10.1. The Hall–Kier alpha value is -0.710.